The van der Waals surface area contributed by atoms with Crippen LogP contribution in [0.1, 0.15) is 11.1 Å². The summed E-state index contributed by atoms with van der Waals surface area (Å²) < 4.78 is 0. The van der Waals surface area contributed by atoms with Crippen molar-refractivity contribution in [2.45, 2.75) is 0 Å². The monoisotopic (exact) mass is 286 g/mol. The van der Waals surface area contributed by atoms with Crippen molar-refractivity contribution in [1.29, 1.82) is 0 Å². The summed E-state index contributed by atoms with van der Waals surface area (Å²) in [6, 6.07) is 24.1. The molecule has 3 rings (SSSR count). The fraction of sp³-hybridized carbons (Fsp3) is 0. The summed E-state index contributed by atoms with van der Waals surface area (Å²) >= 11 is 0. The van der Waals surface area contributed by atoms with Crippen molar-refractivity contribution in [2.24, 2.45) is 0 Å². The number of benzene rings is 3. The van der Waals surface area contributed by atoms with Crippen LogP contribution < -0.4 is 21.9 Å². The van der Waals surface area contributed by atoms with Gasteiger partial charge in [0.2, 0.25) is 0 Å². The van der Waals surface area contributed by atoms with Gasteiger partial charge in [-0.3, -0.25) is 0 Å². The molecule has 0 atom stereocenters. The first-order chi connectivity index (χ1) is 10.7. The van der Waals surface area contributed by atoms with Crippen LogP contribution in [0.25, 0.3) is 12.2 Å². The van der Waals surface area contributed by atoms with Gasteiger partial charge in [0, 0.05) is 11.4 Å². The van der Waals surface area contributed by atoms with Crippen molar-refractivity contribution < 1.29 is 0 Å². The van der Waals surface area contributed by atoms with Crippen LogP contribution >= 0.6 is 0 Å². The van der Waals surface area contributed by atoms with Crippen LogP contribution in [-0.4, -0.2) is 0 Å². The molecular weight excluding hydrogens is 268 g/mol. The number of hydrogen-bond donors (Lipinski definition) is 2. The summed E-state index contributed by atoms with van der Waals surface area (Å²) in [5, 5.41) is 2.30. The predicted octanol–water partition coefficient (Wildman–Crippen LogP) is 2.51. The summed E-state index contributed by atoms with van der Waals surface area (Å²) in [5.74, 6) is 0. The topological polar surface area (TPSA) is 52.0 Å². The van der Waals surface area contributed by atoms with Crippen LogP contribution in [-0.2, 0) is 0 Å². The number of hydrogen-bond acceptors (Lipinski definition) is 2. The van der Waals surface area contributed by atoms with E-state index in [4.69, 9.17) is 11.5 Å². The van der Waals surface area contributed by atoms with E-state index in [2.05, 4.69) is 36.4 Å². The molecular formula is C20H18N2. The van der Waals surface area contributed by atoms with E-state index < -0.39 is 0 Å². The minimum Gasteiger partial charge on any atom is -0.399 e. The fourth-order valence-corrected chi connectivity index (χ4v) is 2.37. The van der Waals surface area contributed by atoms with E-state index in [1.165, 1.54) is 0 Å². The Labute approximate surface area is 130 Å². The number of nitrogens with two attached hydrogens (primary N) is 2. The van der Waals surface area contributed by atoms with E-state index in [0.29, 0.717) is 0 Å². The molecule has 108 valence electrons. The molecule has 3 aromatic carbocycles. The summed E-state index contributed by atoms with van der Waals surface area (Å²) in [6.45, 7) is 0. The normalized spacial score (nSPS) is 10.2. The molecule has 0 heterocycles. The molecule has 4 N–H and O–H groups in total. The average Bonchev–Trinajstić information content (AvgIpc) is 2.49. The van der Waals surface area contributed by atoms with Gasteiger partial charge in [-0.15, -0.1) is 0 Å². The predicted molar refractivity (Wildman–Crippen MR) is 94.5 cm³/mol. The number of rotatable bonds is 2. The van der Waals surface area contributed by atoms with E-state index in [0.717, 1.165) is 32.9 Å². The van der Waals surface area contributed by atoms with Gasteiger partial charge in [-0.25, -0.2) is 0 Å². The van der Waals surface area contributed by atoms with Gasteiger partial charge < -0.3 is 11.5 Å². The third-order valence-corrected chi connectivity index (χ3v) is 3.42. The van der Waals surface area contributed by atoms with Crippen LogP contribution in [0.5, 0.6) is 0 Å². The molecule has 0 saturated heterocycles. The first-order valence-corrected chi connectivity index (χ1v) is 7.20. The minimum atomic E-state index is 0.778. The third-order valence-electron chi connectivity index (χ3n) is 3.42. The molecule has 2 heteroatoms. The first-order valence-electron chi connectivity index (χ1n) is 7.20. The van der Waals surface area contributed by atoms with Crippen molar-refractivity contribution in [1.82, 2.24) is 0 Å². The molecule has 0 spiro atoms. The fourth-order valence-electron chi connectivity index (χ4n) is 2.37. The molecule has 3 aromatic rings. The molecule has 2 nitrogen and oxygen atoms in total. The van der Waals surface area contributed by atoms with Gasteiger partial charge in [0.05, 0.1) is 0 Å². The molecule has 0 radical (unpaired) electrons. The molecule has 22 heavy (non-hydrogen) atoms. The molecule has 0 aliphatic heterocycles. The number of anilines is 2. The maximum absolute atomic E-state index is 5.80. The van der Waals surface area contributed by atoms with Crippen molar-refractivity contribution in [3.63, 3.8) is 0 Å². The maximum atomic E-state index is 5.80. The van der Waals surface area contributed by atoms with Crippen LogP contribution in [0.2, 0.25) is 0 Å². The molecule has 0 aromatic heterocycles. The van der Waals surface area contributed by atoms with Crippen molar-refractivity contribution in [2.75, 3.05) is 11.5 Å². The Morgan fingerprint density at radius 2 is 0.955 bits per heavy atom. The van der Waals surface area contributed by atoms with Gasteiger partial charge in [-0.05, 0) is 58.0 Å². The van der Waals surface area contributed by atoms with Crippen LogP contribution in [0.4, 0.5) is 11.4 Å². The Morgan fingerprint density at radius 3 is 1.32 bits per heavy atom. The highest BCUT2D eigenvalue weighted by Crippen LogP contribution is 2.07. The minimum absolute atomic E-state index is 0.778. The van der Waals surface area contributed by atoms with Crippen molar-refractivity contribution in [3.8, 4) is 0 Å². The highest BCUT2D eigenvalue weighted by Gasteiger charge is 1.90. The average molecular weight is 286 g/mol. The van der Waals surface area contributed by atoms with Gasteiger partial charge in [0.15, 0.2) is 0 Å². The van der Waals surface area contributed by atoms with Crippen molar-refractivity contribution >= 4 is 23.5 Å². The maximum Gasteiger partial charge on any atom is 0.0319 e. The zero-order valence-corrected chi connectivity index (χ0v) is 12.2. The Morgan fingerprint density at radius 1 is 0.545 bits per heavy atom. The SMILES string of the molecule is Nc1cccc(C=c2ccc(=Cc3cccc(N)c3)cc2)c1. The highest BCUT2D eigenvalue weighted by molar-refractivity contribution is 5.57. The number of nitrogen functional groups attached to an aromatic ring is 2. The third kappa shape index (κ3) is 3.55. The van der Waals surface area contributed by atoms with E-state index >= 15 is 0 Å². The Balaban J connectivity index is 1.93. The zero-order chi connectivity index (χ0) is 15.4. The smallest absolute Gasteiger partial charge is 0.0319 e. The van der Waals surface area contributed by atoms with E-state index in [1.54, 1.807) is 0 Å². The molecule has 0 bridgehead atoms. The second kappa shape index (κ2) is 6.19. The molecule has 0 fully saturated rings. The van der Waals surface area contributed by atoms with Crippen LogP contribution in [0, 0.1) is 0 Å². The molecule has 0 saturated carbocycles. The lowest BCUT2D eigenvalue weighted by molar-refractivity contribution is 1.52. The second-order valence-electron chi connectivity index (χ2n) is 5.30. The summed E-state index contributed by atoms with van der Waals surface area (Å²) in [4.78, 5) is 0. The summed E-state index contributed by atoms with van der Waals surface area (Å²) in [6.07, 6.45) is 4.22. The lowest BCUT2D eigenvalue weighted by atomic mass is 10.1. The van der Waals surface area contributed by atoms with Gasteiger partial charge in [0.1, 0.15) is 0 Å². The zero-order valence-electron chi connectivity index (χ0n) is 12.2. The Hall–Kier alpha value is -3.00. The summed E-state index contributed by atoms with van der Waals surface area (Å²) in [7, 11) is 0. The standard InChI is InChI=1S/C20H18N2/c21-19-5-1-3-17(13-19)11-15-7-9-16(10-8-15)12-18-4-2-6-20(22)14-18/h1-14H,21-22H2. The lowest BCUT2D eigenvalue weighted by Gasteiger charge is -1.97. The van der Waals surface area contributed by atoms with E-state index in [1.807, 2.05) is 48.5 Å². The van der Waals surface area contributed by atoms with Gasteiger partial charge >= 0.3 is 0 Å². The Kier molecular flexibility index (Phi) is 3.92. The van der Waals surface area contributed by atoms with Gasteiger partial charge in [-0.2, -0.15) is 0 Å². The first kappa shape index (κ1) is 14.0. The molecule has 0 aliphatic rings. The summed E-state index contributed by atoms with van der Waals surface area (Å²) in [5.41, 5.74) is 15.4. The van der Waals surface area contributed by atoms with Gasteiger partial charge in [0.25, 0.3) is 0 Å². The Bertz CT molecular complexity index is 811. The molecule has 0 amide bonds. The largest absolute Gasteiger partial charge is 0.399 e. The van der Waals surface area contributed by atoms with Crippen LogP contribution in [0.15, 0.2) is 72.8 Å². The molecule has 0 aliphatic carbocycles. The highest BCUT2D eigenvalue weighted by atomic mass is 14.5. The second-order valence-corrected chi connectivity index (χ2v) is 5.30. The van der Waals surface area contributed by atoms with E-state index in [-0.39, 0.29) is 0 Å². The lowest BCUT2D eigenvalue weighted by Crippen LogP contribution is -2.07. The van der Waals surface area contributed by atoms with Crippen LogP contribution in [0.3, 0.4) is 0 Å². The molecule has 0 unspecified atom stereocenters. The van der Waals surface area contributed by atoms with Gasteiger partial charge in [-0.1, -0.05) is 48.5 Å². The quantitative estimate of drug-likeness (QED) is 0.711. The van der Waals surface area contributed by atoms with Crippen molar-refractivity contribution in [3.05, 3.63) is 94.4 Å². The van der Waals surface area contributed by atoms with E-state index in [9.17, 15) is 0 Å².